The predicted octanol–water partition coefficient (Wildman–Crippen LogP) is 1.10. The third-order valence-corrected chi connectivity index (χ3v) is 2.59. The molecular weight excluding hydrogens is 270 g/mol. The average Bonchev–Trinajstić information content (AvgIpc) is 2.50. The summed E-state index contributed by atoms with van der Waals surface area (Å²) in [6, 6.07) is 6.84. The number of carbonyl (C=O) groups excluding carboxylic acids is 2. The summed E-state index contributed by atoms with van der Waals surface area (Å²) in [5, 5.41) is 11.4. The Bertz CT molecular complexity index is 543. The van der Waals surface area contributed by atoms with Gasteiger partial charge in [0.05, 0.1) is 6.61 Å². The van der Waals surface area contributed by atoms with E-state index < -0.39 is 0 Å². The van der Waals surface area contributed by atoms with E-state index in [1.165, 1.54) is 0 Å². The molecule has 5 heteroatoms. The first kappa shape index (κ1) is 16.7. The number of hydrogen-bond donors (Lipinski definition) is 2. The molecule has 0 radical (unpaired) electrons. The maximum atomic E-state index is 11.9. The number of aliphatic hydroxyl groups is 1. The van der Waals surface area contributed by atoms with Crippen molar-refractivity contribution in [2.24, 2.45) is 0 Å². The standard InChI is InChI=1S/C16H19NO4/c1-2-21-15(19)9-4-10-17-16(20)14-8-3-6-13(12-14)7-5-11-18/h3,6,8,12,18H,2,4,9-11H2,1H3,(H,17,20). The van der Waals surface area contributed by atoms with Gasteiger partial charge in [-0.3, -0.25) is 9.59 Å². The molecule has 0 heterocycles. The molecule has 0 spiro atoms. The molecular formula is C16H19NO4. The zero-order valence-corrected chi connectivity index (χ0v) is 12.0. The molecule has 0 bridgehead atoms. The van der Waals surface area contributed by atoms with Crippen molar-refractivity contribution >= 4 is 11.9 Å². The minimum absolute atomic E-state index is 0.216. The van der Waals surface area contributed by atoms with Crippen LogP contribution in [0.2, 0.25) is 0 Å². The molecule has 1 rings (SSSR count). The molecule has 0 aliphatic heterocycles. The lowest BCUT2D eigenvalue weighted by Crippen LogP contribution is -2.25. The SMILES string of the molecule is CCOC(=O)CCCNC(=O)c1cccc(C#CCO)c1. The van der Waals surface area contributed by atoms with Gasteiger partial charge in [-0.05, 0) is 31.5 Å². The summed E-state index contributed by atoms with van der Waals surface area (Å²) in [5.74, 6) is 4.80. The van der Waals surface area contributed by atoms with Crippen molar-refractivity contribution in [3.63, 3.8) is 0 Å². The highest BCUT2D eigenvalue weighted by Crippen LogP contribution is 2.04. The predicted molar refractivity (Wildman–Crippen MR) is 78.6 cm³/mol. The van der Waals surface area contributed by atoms with Crippen LogP contribution in [0.3, 0.4) is 0 Å². The van der Waals surface area contributed by atoms with Crippen LogP contribution in [-0.4, -0.2) is 36.7 Å². The molecule has 112 valence electrons. The second-order valence-electron chi connectivity index (χ2n) is 4.21. The molecule has 2 N–H and O–H groups in total. The number of ether oxygens (including phenoxy) is 1. The van der Waals surface area contributed by atoms with E-state index >= 15 is 0 Å². The fourth-order valence-electron chi connectivity index (χ4n) is 1.65. The van der Waals surface area contributed by atoms with Crippen molar-refractivity contribution in [2.45, 2.75) is 19.8 Å². The minimum Gasteiger partial charge on any atom is -0.466 e. The van der Waals surface area contributed by atoms with Crippen LogP contribution in [0.4, 0.5) is 0 Å². The monoisotopic (exact) mass is 289 g/mol. The number of hydrogen-bond acceptors (Lipinski definition) is 4. The molecule has 21 heavy (non-hydrogen) atoms. The topological polar surface area (TPSA) is 75.6 Å². The Morgan fingerprint density at radius 1 is 1.38 bits per heavy atom. The molecule has 1 aromatic carbocycles. The summed E-state index contributed by atoms with van der Waals surface area (Å²) >= 11 is 0. The number of rotatable bonds is 6. The highest BCUT2D eigenvalue weighted by Gasteiger charge is 2.06. The van der Waals surface area contributed by atoms with Gasteiger partial charge in [0.25, 0.3) is 5.91 Å². The van der Waals surface area contributed by atoms with E-state index in [-0.39, 0.29) is 24.9 Å². The van der Waals surface area contributed by atoms with Gasteiger partial charge in [0.1, 0.15) is 6.61 Å². The highest BCUT2D eigenvalue weighted by atomic mass is 16.5. The van der Waals surface area contributed by atoms with E-state index in [2.05, 4.69) is 17.2 Å². The van der Waals surface area contributed by atoms with E-state index in [1.54, 1.807) is 31.2 Å². The summed E-state index contributed by atoms with van der Waals surface area (Å²) in [7, 11) is 0. The second-order valence-corrected chi connectivity index (χ2v) is 4.21. The zero-order valence-electron chi connectivity index (χ0n) is 12.0. The molecule has 5 nitrogen and oxygen atoms in total. The quantitative estimate of drug-likeness (QED) is 0.467. The normalized spacial score (nSPS) is 9.43. The minimum atomic E-state index is -0.256. The molecule has 0 saturated heterocycles. The number of aliphatic hydroxyl groups excluding tert-OH is 1. The van der Waals surface area contributed by atoms with Crippen molar-refractivity contribution < 1.29 is 19.4 Å². The Labute approximate surface area is 124 Å². The molecule has 1 aromatic rings. The largest absolute Gasteiger partial charge is 0.466 e. The van der Waals surface area contributed by atoms with Gasteiger partial charge in [0, 0.05) is 24.1 Å². The molecule has 0 fully saturated rings. The van der Waals surface area contributed by atoms with Gasteiger partial charge in [0.15, 0.2) is 0 Å². The molecule has 0 aromatic heterocycles. The summed E-state index contributed by atoms with van der Waals surface area (Å²) in [5.41, 5.74) is 1.17. The van der Waals surface area contributed by atoms with Crippen LogP contribution in [0.5, 0.6) is 0 Å². The van der Waals surface area contributed by atoms with Gasteiger partial charge in [0.2, 0.25) is 0 Å². The van der Waals surface area contributed by atoms with Gasteiger partial charge in [-0.2, -0.15) is 0 Å². The summed E-state index contributed by atoms with van der Waals surface area (Å²) in [6.07, 6.45) is 0.824. The molecule has 0 aliphatic rings. The van der Waals surface area contributed by atoms with Crippen LogP contribution in [0.15, 0.2) is 24.3 Å². The summed E-state index contributed by atoms with van der Waals surface area (Å²) in [6.45, 7) is 2.31. The molecule has 0 saturated carbocycles. The average molecular weight is 289 g/mol. The highest BCUT2D eigenvalue weighted by molar-refractivity contribution is 5.94. The van der Waals surface area contributed by atoms with Crippen LogP contribution in [0.25, 0.3) is 0 Å². The van der Waals surface area contributed by atoms with E-state index in [1.807, 2.05) is 0 Å². The van der Waals surface area contributed by atoms with Gasteiger partial charge < -0.3 is 15.2 Å². The lowest BCUT2D eigenvalue weighted by molar-refractivity contribution is -0.143. The van der Waals surface area contributed by atoms with Crippen LogP contribution >= 0.6 is 0 Å². The van der Waals surface area contributed by atoms with Crippen molar-refractivity contribution in [1.82, 2.24) is 5.32 Å². The smallest absolute Gasteiger partial charge is 0.305 e. The fraction of sp³-hybridized carbons (Fsp3) is 0.375. The van der Waals surface area contributed by atoms with E-state index in [0.29, 0.717) is 30.7 Å². The Morgan fingerprint density at radius 2 is 2.19 bits per heavy atom. The van der Waals surface area contributed by atoms with E-state index in [0.717, 1.165) is 0 Å². The first-order chi connectivity index (χ1) is 10.2. The molecule has 0 aliphatic carbocycles. The lowest BCUT2D eigenvalue weighted by atomic mass is 10.1. The third-order valence-electron chi connectivity index (χ3n) is 2.59. The first-order valence-electron chi connectivity index (χ1n) is 6.81. The molecule has 1 amide bonds. The first-order valence-corrected chi connectivity index (χ1v) is 6.81. The number of benzene rings is 1. The van der Waals surface area contributed by atoms with Gasteiger partial charge >= 0.3 is 5.97 Å². The van der Waals surface area contributed by atoms with Crippen molar-refractivity contribution in [3.05, 3.63) is 35.4 Å². The van der Waals surface area contributed by atoms with E-state index in [4.69, 9.17) is 9.84 Å². The van der Waals surface area contributed by atoms with Crippen molar-refractivity contribution in [3.8, 4) is 11.8 Å². The fourth-order valence-corrected chi connectivity index (χ4v) is 1.65. The number of esters is 1. The van der Waals surface area contributed by atoms with Crippen molar-refractivity contribution in [1.29, 1.82) is 0 Å². The van der Waals surface area contributed by atoms with Crippen molar-refractivity contribution in [2.75, 3.05) is 19.8 Å². The molecule has 0 unspecified atom stereocenters. The summed E-state index contributed by atoms with van der Waals surface area (Å²) in [4.78, 5) is 23.0. The number of amides is 1. The van der Waals surface area contributed by atoms with Crippen LogP contribution in [0, 0.1) is 11.8 Å². The van der Waals surface area contributed by atoms with Gasteiger partial charge in [-0.15, -0.1) is 0 Å². The maximum Gasteiger partial charge on any atom is 0.305 e. The Kier molecular flexibility index (Phi) is 7.62. The van der Waals surface area contributed by atoms with Gasteiger partial charge in [-0.25, -0.2) is 0 Å². The van der Waals surface area contributed by atoms with Crippen LogP contribution < -0.4 is 5.32 Å². The zero-order chi connectivity index (χ0) is 15.5. The maximum absolute atomic E-state index is 11.9. The Morgan fingerprint density at radius 3 is 2.90 bits per heavy atom. The lowest BCUT2D eigenvalue weighted by Gasteiger charge is -2.05. The van der Waals surface area contributed by atoms with E-state index in [9.17, 15) is 9.59 Å². The molecule has 0 atom stereocenters. The number of nitrogens with one attached hydrogen (secondary N) is 1. The van der Waals surface area contributed by atoms with Crippen LogP contribution in [0.1, 0.15) is 35.7 Å². The second kappa shape index (κ2) is 9.56. The Hall–Kier alpha value is -2.32. The summed E-state index contributed by atoms with van der Waals surface area (Å²) < 4.78 is 4.80. The van der Waals surface area contributed by atoms with Crippen LogP contribution in [-0.2, 0) is 9.53 Å². The van der Waals surface area contributed by atoms with Gasteiger partial charge in [-0.1, -0.05) is 17.9 Å². The number of carbonyl (C=O) groups is 2. The Balaban J connectivity index is 2.43. The third kappa shape index (κ3) is 6.59.